The first-order valence-electron chi connectivity index (χ1n) is 10.4. The summed E-state index contributed by atoms with van der Waals surface area (Å²) < 4.78 is 41.8. The number of anilines is 2. The van der Waals surface area contributed by atoms with Crippen LogP contribution in [0.2, 0.25) is 0 Å². The number of aromatic nitrogens is 2. The molecule has 1 aromatic heterocycles. The van der Waals surface area contributed by atoms with Crippen LogP contribution in [0.4, 0.5) is 24.9 Å². The van der Waals surface area contributed by atoms with Crippen molar-refractivity contribution >= 4 is 11.8 Å². The minimum Gasteiger partial charge on any atom is -0.393 e. The molecular formula is C20H28F3N5O2. The SMILES string of the molecule is C[C@@H]1CC[C@@H](Nc2nc(N[C@H]3CC[C@H](OCC(F)(F)F)CC3)ncc2C#N)CC1O. The predicted molar refractivity (Wildman–Crippen MR) is 105 cm³/mol. The lowest BCUT2D eigenvalue weighted by Gasteiger charge is -2.32. The Morgan fingerprint density at radius 1 is 1.17 bits per heavy atom. The van der Waals surface area contributed by atoms with Gasteiger partial charge in [0.2, 0.25) is 5.95 Å². The molecule has 3 atom stereocenters. The molecule has 10 heteroatoms. The lowest BCUT2D eigenvalue weighted by atomic mass is 9.85. The Kier molecular flexibility index (Phi) is 7.36. The number of rotatable bonds is 6. The molecule has 1 unspecified atom stereocenters. The molecule has 0 saturated heterocycles. The summed E-state index contributed by atoms with van der Waals surface area (Å²) >= 11 is 0. The monoisotopic (exact) mass is 427 g/mol. The van der Waals surface area contributed by atoms with Crippen molar-refractivity contribution in [2.45, 2.75) is 82.3 Å². The van der Waals surface area contributed by atoms with E-state index in [1.54, 1.807) is 0 Å². The van der Waals surface area contributed by atoms with Gasteiger partial charge in [-0.05, 0) is 50.9 Å². The average Bonchev–Trinajstić information content (AvgIpc) is 2.70. The molecule has 0 radical (unpaired) electrons. The highest BCUT2D eigenvalue weighted by Gasteiger charge is 2.31. The van der Waals surface area contributed by atoms with Crippen LogP contribution in [0.5, 0.6) is 0 Å². The van der Waals surface area contributed by atoms with Gasteiger partial charge in [0.05, 0.1) is 18.4 Å². The van der Waals surface area contributed by atoms with Gasteiger partial charge < -0.3 is 20.5 Å². The molecule has 2 aliphatic rings. The molecule has 3 N–H and O–H groups in total. The Morgan fingerprint density at radius 2 is 1.87 bits per heavy atom. The summed E-state index contributed by atoms with van der Waals surface area (Å²) in [6, 6.07) is 2.15. The van der Waals surface area contributed by atoms with Crippen LogP contribution in [-0.4, -0.2) is 52.1 Å². The van der Waals surface area contributed by atoms with E-state index in [2.05, 4.69) is 26.7 Å². The molecule has 2 saturated carbocycles. The standard InChI is InChI=1S/C20H28F3N5O2/c1-12-2-3-15(8-17(12)29)26-18-13(9-24)10-25-19(28-18)27-14-4-6-16(7-5-14)30-11-20(21,22)23/h10,12,14-17,29H,2-8,11H2,1H3,(H2,25,26,27,28)/t12-,14-,15-,16-,17?/m1/s1. The maximum atomic E-state index is 12.3. The molecule has 0 aliphatic heterocycles. The Labute approximate surface area is 174 Å². The van der Waals surface area contributed by atoms with E-state index in [1.165, 1.54) is 6.20 Å². The van der Waals surface area contributed by atoms with Gasteiger partial charge in [-0.15, -0.1) is 0 Å². The van der Waals surface area contributed by atoms with E-state index in [1.807, 2.05) is 6.92 Å². The van der Waals surface area contributed by atoms with Crippen molar-refractivity contribution in [3.63, 3.8) is 0 Å². The number of halogens is 3. The van der Waals surface area contributed by atoms with Gasteiger partial charge in [-0.25, -0.2) is 4.98 Å². The molecule has 0 bridgehead atoms. The van der Waals surface area contributed by atoms with Gasteiger partial charge in [-0.2, -0.15) is 23.4 Å². The van der Waals surface area contributed by atoms with Crippen molar-refractivity contribution in [2.75, 3.05) is 17.2 Å². The van der Waals surface area contributed by atoms with Gasteiger partial charge in [0, 0.05) is 12.1 Å². The second kappa shape index (κ2) is 9.79. The molecular weight excluding hydrogens is 399 g/mol. The fraction of sp³-hybridized carbons (Fsp3) is 0.750. The lowest BCUT2D eigenvalue weighted by Crippen LogP contribution is -2.35. The molecule has 0 amide bonds. The minimum atomic E-state index is -4.30. The molecule has 2 aliphatic carbocycles. The van der Waals surface area contributed by atoms with Crippen LogP contribution >= 0.6 is 0 Å². The highest BCUT2D eigenvalue weighted by molar-refractivity contribution is 5.54. The van der Waals surface area contributed by atoms with Crippen LogP contribution in [0.15, 0.2) is 6.20 Å². The topological polar surface area (TPSA) is 103 Å². The maximum absolute atomic E-state index is 12.3. The first kappa shape index (κ1) is 22.6. The summed E-state index contributed by atoms with van der Waals surface area (Å²) in [5, 5.41) is 25.9. The summed E-state index contributed by atoms with van der Waals surface area (Å²) in [4.78, 5) is 8.64. The number of nitrogens with zero attached hydrogens (tertiary/aromatic N) is 3. The number of hydrogen-bond acceptors (Lipinski definition) is 7. The van der Waals surface area contributed by atoms with Crippen LogP contribution in [-0.2, 0) is 4.74 Å². The largest absolute Gasteiger partial charge is 0.411 e. The Morgan fingerprint density at radius 3 is 2.50 bits per heavy atom. The van der Waals surface area contributed by atoms with E-state index in [4.69, 9.17) is 4.74 Å². The first-order chi connectivity index (χ1) is 14.2. The number of hydrogen-bond donors (Lipinski definition) is 3. The van der Waals surface area contributed by atoms with Crippen LogP contribution < -0.4 is 10.6 Å². The Bertz CT molecular complexity index is 747. The molecule has 2 fully saturated rings. The van der Waals surface area contributed by atoms with Crippen LogP contribution in [0.1, 0.15) is 57.4 Å². The fourth-order valence-corrected chi connectivity index (χ4v) is 4.03. The zero-order valence-corrected chi connectivity index (χ0v) is 17.0. The Balaban J connectivity index is 1.55. The summed E-state index contributed by atoms with van der Waals surface area (Å²) in [6.45, 7) is 0.815. The second-order valence-corrected chi connectivity index (χ2v) is 8.31. The van der Waals surface area contributed by atoms with Gasteiger partial charge in [0.25, 0.3) is 0 Å². The van der Waals surface area contributed by atoms with Crippen LogP contribution in [0.3, 0.4) is 0 Å². The van der Waals surface area contributed by atoms with Gasteiger partial charge in [-0.1, -0.05) is 6.92 Å². The normalized spacial score (nSPS) is 29.8. The zero-order chi connectivity index (χ0) is 21.7. The summed E-state index contributed by atoms with van der Waals surface area (Å²) in [5.74, 6) is 1.07. The number of alkyl halides is 3. The number of aliphatic hydroxyl groups is 1. The second-order valence-electron chi connectivity index (χ2n) is 8.31. The maximum Gasteiger partial charge on any atom is 0.411 e. The Hall–Kier alpha value is -2.12. The van der Waals surface area contributed by atoms with Crippen LogP contribution in [0.25, 0.3) is 0 Å². The van der Waals surface area contributed by atoms with E-state index in [0.717, 1.165) is 12.8 Å². The molecule has 1 aromatic rings. The van der Waals surface area contributed by atoms with Gasteiger partial charge in [-0.3, -0.25) is 0 Å². The summed E-state index contributed by atoms with van der Waals surface area (Å²) in [5.41, 5.74) is 0.331. The average molecular weight is 427 g/mol. The molecule has 30 heavy (non-hydrogen) atoms. The van der Waals surface area contributed by atoms with E-state index in [0.29, 0.717) is 49.4 Å². The smallest absolute Gasteiger partial charge is 0.393 e. The quantitative estimate of drug-likeness (QED) is 0.637. The van der Waals surface area contributed by atoms with Crippen LogP contribution in [0, 0.1) is 17.2 Å². The molecule has 0 aromatic carbocycles. The van der Waals surface area contributed by atoms with E-state index < -0.39 is 12.8 Å². The number of nitriles is 1. The van der Waals surface area contributed by atoms with Crippen molar-refractivity contribution in [1.82, 2.24) is 9.97 Å². The minimum absolute atomic E-state index is 0.0345. The molecule has 166 valence electrons. The highest BCUT2D eigenvalue weighted by Crippen LogP contribution is 2.28. The zero-order valence-electron chi connectivity index (χ0n) is 17.0. The van der Waals surface area contributed by atoms with Crippen molar-refractivity contribution in [2.24, 2.45) is 5.92 Å². The fourth-order valence-electron chi connectivity index (χ4n) is 4.03. The predicted octanol–water partition coefficient (Wildman–Crippen LogP) is 3.61. The first-order valence-corrected chi connectivity index (χ1v) is 10.4. The van der Waals surface area contributed by atoms with E-state index in [-0.39, 0.29) is 30.2 Å². The molecule has 0 spiro atoms. The third-order valence-corrected chi connectivity index (χ3v) is 5.89. The summed E-state index contributed by atoms with van der Waals surface area (Å²) in [6.07, 6.45) is 1.15. The van der Waals surface area contributed by atoms with Crippen molar-refractivity contribution in [3.8, 4) is 6.07 Å². The van der Waals surface area contributed by atoms with Gasteiger partial charge in [0.1, 0.15) is 24.1 Å². The number of aliphatic hydroxyl groups excluding tert-OH is 1. The third-order valence-electron chi connectivity index (χ3n) is 5.89. The molecule has 3 rings (SSSR count). The van der Waals surface area contributed by atoms with Crippen molar-refractivity contribution in [3.05, 3.63) is 11.8 Å². The number of nitrogens with one attached hydrogen (secondary N) is 2. The van der Waals surface area contributed by atoms with Crippen molar-refractivity contribution < 1.29 is 23.0 Å². The third kappa shape index (κ3) is 6.44. The lowest BCUT2D eigenvalue weighted by molar-refractivity contribution is -0.187. The molecule has 1 heterocycles. The van der Waals surface area contributed by atoms with E-state index >= 15 is 0 Å². The van der Waals surface area contributed by atoms with E-state index in [9.17, 15) is 23.5 Å². The molecule has 7 nitrogen and oxygen atoms in total. The highest BCUT2D eigenvalue weighted by atomic mass is 19.4. The summed E-state index contributed by atoms with van der Waals surface area (Å²) in [7, 11) is 0. The van der Waals surface area contributed by atoms with Gasteiger partial charge >= 0.3 is 6.18 Å². The van der Waals surface area contributed by atoms with Gasteiger partial charge in [0.15, 0.2) is 0 Å². The van der Waals surface area contributed by atoms with Crippen molar-refractivity contribution in [1.29, 1.82) is 5.26 Å². The number of ether oxygens (including phenoxy) is 1.